The third-order valence-electron chi connectivity index (χ3n) is 4.94. The van der Waals surface area contributed by atoms with Crippen molar-refractivity contribution in [2.45, 2.75) is 26.2 Å². The molecule has 1 saturated heterocycles. The molecule has 0 aliphatic carbocycles. The van der Waals surface area contributed by atoms with Crippen LogP contribution in [0.3, 0.4) is 0 Å². The lowest BCUT2D eigenvalue weighted by Crippen LogP contribution is -2.40. The van der Waals surface area contributed by atoms with Crippen molar-refractivity contribution in [2.24, 2.45) is 5.92 Å². The number of Topliss-reactive ketones (excluding diaryl/α,β-unsaturated/α-hetero) is 1. The van der Waals surface area contributed by atoms with Crippen LogP contribution in [0, 0.1) is 12.8 Å². The fraction of sp³-hybridized carbons (Fsp3) is 0.333. The number of carbonyl (C=O) groups excluding carboxylic acids is 2. The van der Waals surface area contributed by atoms with E-state index in [0.29, 0.717) is 48.0 Å². The highest BCUT2D eigenvalue weighted by Gasteiger charge is 2.27. The van der Waals surface area contributed by atoms with Crippen LogP contribution in [0.2, 0.25) is 10.0 Å². The third kappa shape index (κ3) is 4.46. The minimum absolute atomic E-state index is 0.00196. The van der Waals surface area contributed by atoms with Gasteiger partial charge in [0.1, 0.15) is 5.78 Å². The Morgan fingerprint density at radius 3 is 2.31 bits per heavy atom. The molecule has 0 unspecified atom stereocenters. The van der Waals surface area contributed by atoms with E-state index in [1.807, 2.05) is 30.0 Å². The standard InChI is InChI=1S/C21H21Cl2NO2/c1-14-2-3-15(12-19(14)23)13-20(25)16-8-10-24(11-9-16)21(26)17-4-6-18(22)7-5-17/h2-7,12,16H,8-11,13H2,1H3. The summed E-state index contributed by atoms with van der Waals surface area (Å²) >= 11 is 12.0. The van der Waals surface area contributed by atoms with Gasteiger partial charge in [0.15, 0.2) is 0 Å². The molecule has 1 aliphatic rings. The zero-order valence-electron chi connectivity index (χ0n) is 14.7. The number of hydrogen-bond donors (Lipinski definition) is 0. The molecule has 1 aliphatic heterocycles. The molecule has 0 bridgehead atoms. The first-order valence-corrected chi connectivity index (χ1v) is 9.52. The molecule has 5 heteroatoms. The van der Waals surface area contributed by atoms with Crippen LogP contribution < -0.4 is 0 Å². The highest BCUT2D eigenvalue weighted by Crippen LogP contribution is 2.23. The number of nitrogens with zero attached hydrogens (tertiary/aromatic N) is 1. The van der Waals surface area contributed by atoms with E-state index >= 15 is 0 Å². The van der Waals surface area contributed by atoms with Crippen molar-refractivity contribution in [3.05, 3.63) is 69.2 Å². The number of amides is 1. The molecule has 3 nitrogen and oxygen atoms in total. The summed E-state index contributed by atoms with van der Waals surface area (Å²) in [6.07, 6.45) is 1.81. The molecular weight excluding hydrogens is 369 g/mol. The molecule has 1 amide bonds. The molecule has 136 valence electrons. The Morgan fingerprint density at radius 2 is 1.69 bits per heavy atom. The van der Waals surface area contributed by atoms with Crippen LogP contribution in [0.25, 0.3) is 0 Å². The fourth-order valence-corrected chi connectivity index (χ4v) is 3.60. The van der Waals surface area contributed by atoms with Gasteiger partial charge in [0.25, 0.3) is 5.91 Å². The molecule has 0 saturated carbocycles. The summed E-state index contributed by atoms with van der Waals surface area (Å²) in [6.45, 7) is 3.15. The van der Waals surface area contributed by atoms with E-state index in [1.165, 1.54) is 0 Å². The number of benzene rings is 2. The minimum Gasteiger partial charge on any atom is -0.339 e. The fourth-order valence-electron chi connectivity index (χ4n) is 3.27. The van der Waals surface area contributed by atoms with Crippen LogP contribution in [0.15, 0.2) is 42.5 Å². The van der Waals surface area contributed by atoms with Gasteiger partial charge in [0.05, 0.1) is 0 Å². The van der Waals surface area contributed by atoms with Gasteiger partial charge in [0.2, 0.25) is 0 Å². The predicted octanol–water partition coefficient (Wildman–Crippen LogP) is 4.97. The Hall–Kier alpha value is -1.84. The number of ketones is 1. The first-order chi connectivity index (χ1) is 12.4. The van der Waals surface area contributed by atoms with Gasteiger partial charge in [-0.1, -0.05) is 35.3 Å². The van der Waals surface area contributed by atoms with Crippen molar-refractivity contribution in [3.63, 3.8) is 0 Å². The molecule has 3 rings (SSSR count). The molecule has 2 aromatic carbocycles. The van der Waals surface area contributed by atoms with E-state index in [4.69, 9.17) is 23.2 Å². The van der Waals surface area contributed by atoms with Gasteiger partial charge in [-0.25, -0.2) is 0 Å². The second kappa shape index (κ2) is 8.24. The van der Waals surface area contributed by atoms with Gasteiger partial charge in [-0.3, -0.25) is 9.59 Å². The maximum atomic E-state index is 12.6. The van der Waals surface area contributed by atoms with Crippen molar-refractivity contribution < 1.29 is 9.59 Å². The van der Waals surface area contributed by atoms with Crippen LogP contribution >= 0.6 is 23.2 Å². The van der Waals surface area contributed by atoms with Crippen LogP contribution in [0.1, 0.15) is 34.3 Å². The van der Waals surface area contributed by atoms with Crippen LogP contribution in [0.5, 0.6) is 0 Å². The van der Waals surface area contributed by atoms with Crippen molar-refractivity contribution in [2.75, 3.05) is 13.1 Å². The smallest absolute Gasteiger partial charge is 0.253 e. The summed E-state index contributed by atoms with van der Waals surface area (Å²) < 4.78 is 0. The number of aryl methyl sites for hydroxylation is 1. The largest absolute Gasteiger partial charge is 0.339 e. The van der Waals surface area contributed by atoms with Gasteiger partial charge < -0.3 is 4.90 Å². The normalized spacial score (nSPS) is 15.1. The van der Waals surface area contributed by atoms with Gasteiger partial charge in [-0.15, -0.1) is 0 Å². The summed E-state index contributed by atoms with van der Waals surface area (Å²) in [4.78, 5) is 26.9. The molecule has 1 fully saturated rings. The Labute approximate surface area is 163 Å². The van der Waals surface area contributed by atoms with Gasteiger partial charge in [-0.05, 0) is 61.2 Å². The monoisotopic (exact) mass is 389 g/mol. The Morgan fingerprint density at radius 1 is 1.04 bits per heavy atom. The molecule has 2 aromatic rings. The van der Waals surface area contributed by atoms with E-state index < -0.39 is 0 Å². The molecule has 1 heterocycles. The molecule has 0 aromatic heterocycles. The average molecular weight is 390 g/mol. The predicted molar refractivity (Wildman–Crippen MR) is 105 cm³/mol. The Bertz CT molecular complexity index is 809. The summed E-state index contributed by atoms with van der Waals surface area (Å²) in [5.41, 5.74) is 2.59. The molecule has 0 spiro atoms. The summed E-state index contributed by atoms with van der Waals surface area (Å²) in [5, 5.41) is 1.31. The first kappa shape index (κ1) is 18.9. The van der Waals surface area contributed by atoms with E-state index in [1.54, 1.807) is 24.3 Å². The minimum atomic E-state index is -0.00196. The second-order valence-corrected chi connectivity index (χ2v) is 7.64. The maximum absolute atomic E-state index is 12.6. The van der Waals surface area contributed by atoms with Crippen molar-refractivity contribution in [1.82, 2.24) is 4.90 Å². The number of rotatable bonds is 4. The summed E-state index contributed by atoms with van der Waals surface area (Å²) in [5.74, 6) is 0.228. The topological polar surface area (TPSA) is 37.4 Å². The average Bonchev–Trinajstić information content (AvgIpc) is 2.65. The van der Waals surface area contributed by atoms with Crippen molar-refractivity contribution in [3.8, 4) is 0 Å². The Balaban J connectivity index is 1.55. The molecular formula is C21H21Cl2NO2. The number of likely N-dealkylation sites (tertiary alicyclic amines) is 1. The number of halogens is 2. The van der Waals surface area contributed by atoms with Crippen molar-refractivity contribution in [1.29, 1.82) is 0 Å². The van der Waals surface area contributed by atoms with E-state index in [9.17, 15) is 9.59 Å². The highest BCUT2D eigenvalue weighted by atomic mass is 35.5. The van der Waals surface area contributed by atoms with Gasteiger partial charge in [-0.2, -0.15) is 0 Å². The number of carbonyl (C=O) groups is 2. The molecule has 0 N–H and O–H groups in total. The first-order valence-electron chi connectivity index (χ1n) is 8.76. The lowest BCUT2D eigenvalue weighted by atomic mass is 9.89. The quantitative estimate of drug-likeness (QED) is 0.740. The van der Waals surface area contributed by atoms with Crippen LogP contribution in [0.4, 0.5) is 0 Å². The molecule has 0 atom stereocenters. The summed E-state index contributed by atoms with van der Waals surface area (Å²) in [6, 6.07) is 12.7. The number of piperidine rings is 1. The molecule has 26 heavy (non-hydrogen) atoms. The third-order valence-corrected chi connectivity index (χ3v) is 5.60. The maximum Gasteiger partial charge on any atom is 0.253 e. The van der Waals surface area contributed by atoms with Gasteiger partial charge >= 0.3 is 0 Å². The van der Waals surface area contributed by atoms with Gasteiger partial charge in [0, 0.05) is 41.0 Å². The zero-order chi connectivity index (χ0) is 18.7. The summed E-state index contributed by atoms with van der Waals surface area (Å²) in [7, 11) is 0. The lowest BCUT2D eigenvalue weighted by molar-refractivity contribution is -0.123. The van der Waals surface area contributed by atoms with Crippen LogP contribution in [-0.2, 0) is 11.2 Å². The second-order valence-electron chi connectivity index (χ2n) is 6.80. The Kier molecular flexibility index (Phi) is 6.00. The van der Waals surface area contributed by atoms with E-state index in [2.05, 4.69) is 0 Å². The van der Waals surface area contributed by atoms with Crippen molar-refractivity contribution >= 4 is 34.9 Å². The lowest BCUT2D eigenvalue weighted by Gasteiger charge is -2.31. The van der Waals surface area contributed by atoms with E-state index in [-0.39, 0.29) is 17.6 Å². The van der Waals surface area contributed by atoms with E-state index in [0.717, 1.165) is 11.1 Å². The molecule has 0 radical (unpaired) electrons. The van der Waals surface area contributed by atoms with Crippen LogP contribution in [-0.4, -0.2) is 29.7 Å². The number of hydrogen-bond acceptors (Lipinski definition) is 2. The zero-order valence-corrected chi connectivity index (χ0v) is 16.2. The SMILES string of the molecule is Cc1ccc(CC(=O)C2CCN(C(=O)c3ccc(Cl)cc3)CC2)cc1Cl. The highest BCUT2D eigenvalue weighted by molar-refractivity contribution is 6.31.